The first kappa shape index (κ1) is 27.2. The zero-order chi connectivity index (χ0) is 29.6. The van der Waals surface area contributed by atoms with Gasteiger partial charge in [-0.2, -0.15) is 0 Å². The molecule has 2 aromatic heterocycles. The monoisotopic (exact) mass is 614 g/mol. The topological polar surface area (TPSA) is 84.0 Å². The van der Waals surface area contributed by atoms with Gasteiger partial charge in [-0.05, 0) is 34.4 Å². The van der Waals surface area contributed by atoms with E-state index in [0.29, 0.717) is 23.1 Å². The van der Waals surface area contributed by atoms with Gasteiger partial charge in [0, 0.05) is 35.1 Å². The van der Waals surface area contributed by atoms with Gasteiger partial charge < -0.3 is 10.6 Å². The molecule has 0 radical (unpaired) electrons. The van der Waals surface area contributed by atoms with Crippen molar-refractivity contribution in [1.82, 2.24) is 9.97 Å². The lowest BCUT2D eigenvalue weighted by molar-refractivity contribution is -0.117. The Balaban J connectivity index is 0.741. The highest BCUT2D eigenvalue weighted by Crippen LogP contribution is 2.51. The molecule has 2 heterocycles. The van der Waals surface area contributed by atoms with Gasteiger partial charge in [-0.1, -0.05) is 121 Å². The Bertz CT molecular complexity index is 1830. The van der Waals surface area contributed by atoms with E-state index in [0.717, 1.165) is 70.8 Å². The lowest BCUT2D eigenvalue weighted by Gasteiger charge is -2.05. The van der Waals surface area contributed by atoms with Crippen molar-refractivity contribution in [2.75, 3.05) is 10.6 Å². The number of hydrogen-bond acceptors (Lipinski definition) is 6. The SMILES string of the molecule is O=C(CCCCCCCCC(=O)Nc1nc2c(s1)-c1cccc3cccc-2c13)Nc1nc2c(s1)-c1cccc3cccc-2c13. The maximum Gasteiger partial charge on any atom is 0.226 e. The molecule has 8 heteroatoms. The molecule has 218 valence electrons. The third kappa shape index (κ3) is 4.78. The van der Waals surface area contributed by atoms with Crippen molar-refractivity contribution in [3.63, 3.8) is 0 Å². The smallest absolute Gasteiger partial charge is 0.226 e. The van der Waals surface area contributed by atoms with Crippen LogP contribution in [0.4, 0.5) is 10.3 Å². The van der Waals surface area contributed by atoms with E-state index >= 15 is 0 Å². The summed E-state index contributed by atoms with van der Waals surface area (Å²) in [7, 11) is 0. The summed E-state index contributed by atoms with van der Waals surface area (Å²) < 4.78 is 0. The summed E-state index contributed by atoms with van der Waals surface area (Å²) in [6, 6.07) is 25.3. The molecule has 44 heavy (non-hydrogen) atoms. The molecular weight excluding hydrogens is 585 g/mol. The van der Waals surface area contributed by atoms with Crippen LogP contribution in [0.5, 0.6) is 0 Å². The van der Waals surface area contributed by atoms with E-state index in [9.17, 15) is 9.59 Å². The molecule has 0 saturated carbocycles. The number of carbonyl (C=O) groups excluding carboxylic acids is 2. The second kappa shape index (κ2) is 11.3. The number of amides is 2. The Labute approximate surface area is 263 Å². The number of fused-ring (bicyclic) bond motifs is 6. The molecule has 6 nitrogen and oxygen atoms in total. The third-order valence-electron chi connectivity index (χ3n) is 8.61. The molecule has 0 fully saturated rings. The number of thiazole rings is 2. The minimum absolute atomic E-state index is 0.0222. The summed E-state index contributed by atoms with van der Waals surface area (Å²) in [5.41, 5.74) is 6.67. The zero-order valence-corrected chi connectivity index (χ0v) is 25.7. The quantitative estimate of drug-likeness (QED) is 0.142. The molecule has 2 N–H and O–H groups in total. The molecule has 0 saturated heterocycles. The fourth-order valence-electron chi connectivity index (χ4n) is 6.57. The molecule has 0 aliphatic heterocycles. The van der Waals surface area contributed by atoms with Gasteiger partial charge in [0.2, 0.25) is 11.8 Å². The van der Waals surface area contributed by atoms with Crippen LogP contribution in [0.15, 0.2) is 72.8 Å². The lowest BCUT2D eigenvalue weighted by Crippen LogP contribution is -2.11. The average molecular weight is 615 g/mol. The highest BCUT2D eigenvalue weighted by molar-refractivity contribution is 7.20. The van der Waals surface area contributed by atoms with Crippen molar-refractivity contribution < 1.29 is 9.59 Å². The molecule has 2 aliphatic rings. The average Bonchev–Trinajstić information content (AvgIpc) is 3.78. The van der Waals surface area contributed by atoms with Crippen LogP contribution in [0.3, 0.4) is 0 Å². The second-order valence-electron chi connectivity index (χ2n) is 11.5. The molecule has 8 rings (SSSR count). The van der Waals surface area contributed by atoms with Gasteiger partial charge in [-0.25, -0.2) is 9.97 Å². The van der Waals surface area contributed by atoms with E-state index in [-0.39, 0.29) is 11.8 Å². The molecular formula is C36H30N4O2S2. The first-order chi connectivity index (χ1) is 21.6. The molecule has 0 unspecified atom stereocenters. The van der Waals surface area contributed by atoms with E-state index in [1.165, 1.54) is 32.7 Å². The Hall–Kier alpha value is -4.40. The number of unbranched alkanes of at least 4 members (excludes halogenated alkanes) is 5. The molecule has 2 amide bonds. The molecule has 0 bridgehead atoms. The normalized spacial score (nSPS) is 12.1. The van der Waals surface area contributed by atoms with Crippen LogP contribution in [-0.2, 0) is 9.59 Å². The van der Waals surface area contributed by atoms with Gasteiger partial charge in [0.25, 0.3) is 0 Å². The molecule has 6 aromatic rings. The van der Waals surface area contributed by atoms with Crippen molar-refractivity contribution in [1.29, 1.82) is 0 Å². The summed E-state index contributed by atoms with van der Waals surface area (Å²) in [4.78, 5) is 37.0. The van der Waals surface area contributed by atoms with Gasteiger partial charge >= 0.3 is 0 Å². The van der Waals surface area contributed by atoms with Crippen LogP contribution < -0.4 is 10.6 Å². The largest absolute Gasteiger partial charge is 0.302 e. The van der Waals surface area contributed by atoms with Crippen molar-refractivity contribution in [3.05, 3.63) is 72.8 Å². The van der Waals surface area contributed by atoms with E-state index in [1.54, 1.807) is 22.7 Å². The van der Waals surface area contributed by atoms with E-state index < -0.39 is 0 Å². The first-order valence-corrected chi connectivity index (χ1v) is 16.9. The number of rotatable bonds is 11. The van der Waals surface area contributed by atoms with Crippen molar-refractivity contribution >= 4 is 66.3 Å². The third-order valence-corrected chi connectivity index (χ3v) is 10.6. The van der Waals surface area contributed by atoms with Gasteiger partial charge in [0.15, 0.2) is 10.3 Å². The fourth-order valence-corrected chi connectivity index (χ4v) is 8.63. The van der Waals surface area contributed by atoms with Gasteiger partial charge in [0.05, 0.1) is 21.1 Å². The van der Waals surface area contributed by atoms with Gasteiger partial charge in [0.1, 0.15) is 0 Å². The van der Waals surface area contributed by atoms with Crippen LogP contribution in [-0.4, -0.2) is 21.8 Å². The second-order valence-corrected chi connectivity index (χ2v) is 13.5. The summed E-state index contributed by atoms with van der Waals surface area (Å²) >= 11 is 3.12. The number of nitrogens with one attached hydrogen (secondary N) is 2. The minimum Gasteiger partial charge on any atom is -0.302 e. The summed E-state index contributed by atoms with van der Waals surface area (Å²) in [5, 5.41) is 12.4. The Morgan fingerprint density at radius 3 is 1.34 bits per heavy atom. The predicted octanol–water partition coefficient (Wildman–Crippen LogP) is 9.90. The summed E-state index contributed by atoms with van der Waals surface area (Å²) in [5.74, 6) is 0.0443. The number of carbonyl (C=O) groups is 2. The van der Waals surface area contributed by atoms with Crippen LogP contribution in [0, 0.1) is 0 Å². The van der Waals surface area contributed by atoms with Crippen LogP contribution in [0.25, 0.3) is 64.9 Å². The highest BCUT2D eigenvalue weighted by atomic mass is 32.1. The molecule has 2 aliphatic carbocycles. The maximum atomic E-state index is 12.6. The van der Waals surface area contributed by atoms with Crippen LogP contribution >= 0.6 is 22.7 Å². The van der Waals surface area contributed by atoms with Crippen molar-refractivity contribution in [2.24, 2.45) is 0 Å². The Morgan fingerprint density at radius 2 is 0.909 bits per heavy atom. The summed E-state index contributed by atoms with van der Waals surface area (Å²) in [6.45, 7) is 0. The maximum absolute atomic E-state index is 12.6. The van der Waals surface area contributed by atoms with E-state index in [2.05, 4.69) is 83.4 Å². The fraction of sp³-hybridized carbons (Fsp3) is 0.222. The van der Waals surface area contributed by atoms with Crippen molar-refractivity contribution in [2.45, 2.75) is 51.4 Å². The molecule has 0 spiro atoms. The van der Waals surface area contributed by atoms with Gasteiger partial charge in [-0.15, -0.1) is 0 Å². The standard InChI is InChI=1S/C36H30N4O2S2/c41-27(37-35-39-31-23-15-7-11-21-13-9-17-25(29(21)23)33(31)43-35)19-5-3-1-2-4-6-20-28(42)38-36-40-32-24-16-8-12-22-14-10-18-26(30(22)24)34(32)44-36/h7-18H,1-6,19-20H2,(H,37,39,41)(H,38,40,42). The number of benzene rings is 4. The Kier molecular flexibility index (Phi) is 6.96. The van der Waals surface area contributed by atoms with E-state index in [4.69, 9.17) is 9.97 Å². The van der Waals surface area contributed by atoms with Crippen LogP contribution in [0.1, 0.15) is 51.4 Å². The predicted molar refractivity (Wildman–Crippen MR) is 182 cm³/mol. The van der Waals surface area contributed by atoms with Crippen molar-refractivity contribution in [3.8, 4) is 43.4 Å². The number of nitrogens with zero attached hydrogens (tertiary/aromatic N) is 2. The number of aromatic nitrogens is 2. The number of hydrogen-bond donors (Lipinski definition) is 2. The molecule has 0 atom stereocenters. The Morgan fingerprint density at radius 1 is 0.523 bits per heavy atom. The van der Waals surface area contributed by atoms with E-state index in [1.807, 2.05) is 0 Å². The van der Waals surface area contributed by atoms with Gasteiger partial charge in [-0.3, -0.25) is 9.59 Å². The summed E-state index contributed by atoms with van der Waals surface area (Å²) in [6.07, 6.45) is 6.82. The highest BCUT2D eigenvalue weighted by Gasteiger charge is 2.27. The lowest BCUT2D eigenvalue weighted by atomic mass is 10.0. The first-order valence-electron chi connectivity index (χ1n) is 15.3. The van der Waals surface area contributed by atoms with Crippen LogP contribution in [0.2, 0.25) is 0 Å². The number of anilines is 2. The minimum atomic E-state index is 0.0222. The molecule has 4 aromatic carbocycles. The zero-order valence-electron chi connectivity index (χ0n) is 24.1.